The van der Waals surface area contributed by atoms with Gasteiger partial charge in [-0.05, 0) is 30.5 Å². The van der Waals surface area contributed by atoms with Crippen LogP contribution in [0.4, 0.5) is 6.01 Å². The van der Waals surface area contributed by atoms with Gasteiger partial charge in [-0.2, -0.15) is 4.98 Å². The Bertz CT molecular complexity index is 688. The predicted molar refractivity (Wildman–Crippen MR) is 87.0 cm³/mol. The fraction of sp³-hybridized carbons (Fsp3) is 0.438. The summed E-state index contributed by atoms with van der Waals surface area (Å²) in [6, 6.07) is 8.62. The first-order valence-corrected chi connectivity index (χ1v) is 8.07. The Morgan fingerprint density at radius 3 is 2.45 bits per heavy atom. The number of anilines is 1. The lowest BCUT2D eigenvalue weighted by Crippen LogP contribution is -2.47. The maximum absolute atomic E-state index is 11.1. The van der Waals surface area contributed by atoms with E-state index in [0.29, 0.717) is 24.9 Å². The van der Waals surface area contributed by atoms with Crippen molar-refractivity contribution in [2.75, 3.05) is 18.0 Å². The summed E-state index contributed by atoms with van der Waals surface area (Å²) in [5.74, 6) is 1.13. The second-order valence-electron chi connectivity index (χ2n) is 6.16. The lowest BCUT2D eigenvalue weighted by molar-refractivity contribution is -0.119. The van der Waals surface area contributed by atoms with Crippen LogP contribution < -0.4 is 4.90 Å². The highest BCUT2D eigenvalue weighted by Gasteiger charge is 2.39. The predicted octanol–water partition coefficient (Wildman–Crippen LogP) is 3.18. The van der Waals surface area contributed by atoms with Crippen molar-refractivity contribution in [3.05, 3.63) is 40.1 Å². The first-order chi connectivity index (χ1) is 10.4. The number of hydrogen-bond donors (Lipinski definition) is 0. The van der Waals surface area contributed by atoms with E-state index in [1.807, 2.05) is 12.1 Å². The van der Waals surface area contributed by atoms with E-state index in [-0.39, 0.29) is 17.1 Å². The zero-order valence-electron chi connectivity index (χ0n) is 12.8. The number of Topliss-reactive ketones (excluding diaryl/α,β-unsaturated/α-hetero) is 1. The number of halogens is 1. The smallest absolute Gasteiger partial charge is 0.315 e. The minimum atomic E-state index is -0.350. The highest BCUT2D eigenvalue weighted by atomic mass is 79.9. The molecule has 1 aromatic heterocycles. The van der Waals surface area contributed by atoms with Gasteiger partial charge < -0.3 is 9.42 Å². The molecule has 0 amide bonds. The average molecular weight is 364 g/mol. The van der Waals surface area contributed by atoms with E-state index in [1.54, 1.807) is 4.90 Å². The molecule has 1 unspecified atom stereocenters. The van der Waals surface area contributed by atoms with Crippen LogP contribution in [0, 0.1) is 5.92 Å². The van der Waals surface area contributed by atoms with Crippen LogP contribution in [0.3, 0.4) is 0 Å². The van der Waals surface area contributed by atoms with Crippen LogP contribution in [0.1, 0.15) is 32.2 Å². The van der Waals surface area contributed by atoms with Gasteiger partial charge in [-0.3, -0.25) is 4.79 Å². The van der Waals surface area contributed by atoms with Crippen LogP contribution >= 0.6 is 15.9 Å². The van der Waals surface area contributed by atoms with Gasteiger partial charge in [0.25, 0.3) is 0 Å². The fourth-order valence-electron chi connectivity index (χ4n) is 2.59. The highest BCUT2D eigenvalue weighted by Crippen LogP contribution is 2.38. The average Bonchev–Trinajstić information content (AvgIpc) is 2.93. The molecule has 5 nitrogen and oxygen atoms in total. The van der Waals surface area contributed by atoms with Gasteiger partial charge in [-0.1, -0.05) is 47.1 Å². The molecule has 1 saturated heterocycles. The molecule has 6 heteroatoms. The maximum atomic E-state index is 11.1. The molecule has 0 aliphatic carbocycles. The number of carbonyl (C=O) groups excluding carboxylic acids is 1. The topological polar surface area (TPSA) is 59.2 Å². The molecule has 3 rings (SSSR count). The van der Waals surface area contributed by atoms with E-state index >= 15 is 0 Å². The second kappa shape index (κ2) is 5.50. The quantitative estimate of drug-likeness (QED) is 0.834. The van der Waals surface area contributed by atoms with Crippen LogP contribution in [-0.2, 0) is 10.2 Å². The molecular weight excluding hydrogens is 346 g/mol. The summed E-state index contributed by atoms with van der Waals surface area (Å²) < 4.78 is 6.40. The van der Waals surface area contributed by atoms with Gasteiger partial charge in [0.15, 0.2) is 11.6 Å². The lowest BCUT2D eigenvalue weighted by Gasteiger charge is -2.31. The van der Waals surface area contributed by atoms with Crippen molar-refractivity contribution in [1.29, 1.82) is 0 Å². The molecule has 22 heavy (non-hydrogen) atoms. The molecule has 116 valence electrons. The summed E-state index contributed by atoms with van der Waals surface area (Å²) >= 11 is 3.46. The van der Waals surface area contributed by atoms with E-state index in [9.17, 15) is 4.79 Å². The Morgan fingerprint density at radius 2 is 1.91 bits per heavy atom. The monoisotopic (exact) mass is 363 g/mol. The zero-order chi connectivity index (χ0) is 15.9. The Hall–Kier alpha value is -1.69. The third kappa shape index (κ3) is 2.45. The van der Waals surface area contributed by atoms with E-state index in [2.05, 4.69) is 59.0 Å². The van der Waals surface area contributed by atoms with Gasteiger partial charge >= 0.3 is 6.01 Å². The van der Waals surface area contributed by atoms with Crippen molar-refractivity contribution < 1.29 is 9.32 Å². The van der Waals surface area contributed by atoms with E-state index in [4.69, 9.17) is 4.52 Å². The molecule has 0 N–H and O–H groups in total. The number of hydrogen-bond acceptors (Lipinski definition) is 5. The van der Waals surface area contributed by atoms with Crippen LogP contribution in [0.25, 0.3) is 0 Å². The Kier molecular flexibility index (Phi) is 3.80. The van der Waals surface area contributed by atoms with Crippen molar-refractivity contribution in [1.82, 2.24) is 10.1 Å². The number of rotatable bonds is 4. The number of carbonyl (C=O) groups is 1. The largest absolute Gasteiger partial charge is 0.324 e. The first kappa shape index (κ1) is 15.2. The summed E-state index contributed by atoms with van der Waals surface area (Å²) in [5.41, 5.74) is 0.787. The van der Waals surface area contributed by atoms with Gasteiger partial charge in [0.05, 0.1) is 18.5 Å². The Balaban J connectivity index is 1.97. The molecule has 0 bridgehead atoms. The highest BCUT2D eigenvalue weighted by molar-refractivity contribution is 9.10. The van der Waals surface area contributed by atoms with Crippen molar-refractivity contribution in [3.8, 4) is 0 Å². The third-order valence-corrected chi connectivity index (χ3v) is 5.01. The first-order valence-electron chi connectivity index (χ1n) is 7.28. The number of nitrogens with zero attached hydrogens (tertiary/aromatic N) is 3. The molecule has 1 aliphatic rings. The summed E-state index contributed by atoms with van der Waals surface area (Å²) in [7, 11) is 0. The van der Waals surface area contributed by atoms with Crippen LogP contribution in [0.2, 0.25) is 0 Å². The van der Waals surface area contributed by atoms with E-state index < -0.39 is 0 Å². The fourth-order valence-corrected chi connectivity index (χ4v) is 2.85. The van der Waals surface area contributed by atoms with Gasteiger partial charge in [0.1, 0.15) is 0 Å². The van der Waals surface area contributed by atoms with Crippen molar-refractivity contribution in [2.45, 2.75) is 26.2 Å². The summed E-state index contributed by atoms with van der Waals surface area (Å²) in [4.78, 5) is 17.4. The molecule has 1 atom stereocenters. The number of benzene rings is 1. The van der Waals surface area contributed by atoms with Crippen LogP contribution in [0.15, 0.2) is 33.3 Å². The summed E-state index contributed by atoms with van der Waals surface area (Å²) in [5, 5.41) is 4.19. The number of aromatic nitrogens is 2. The third-order valence-electron chi connectivity index (χ3n) is 4.48. The summed E-state index contributed by atoms with van der Waals surface area (Å²) in [6.45, 7) is 7.13. The molecule has 2 heterocycles. The van der Waals surface area contributed by atoms with Crippen molar-refractivity contribution >= 4 is 27.7 Å². The Morgan fingerprint density at radius 1 is 1.27 bits per heavy atom. The zero-order valence-corrected chi connectivity index (χ0v) is 14.4. The van der Waals surface area contributed by atoms with Gasteiger partial charge in [0.2, 0.25) is 0 Å². The van der Waals surface area contributed by atoms with Gasteiger partial charge in [0, 0.05) is 4.47 Å². The van der Waals surface area contributed by atoms with Gasteiger partial charge in [-0.15, -0.1) is 0 Å². The second-order valence-corrected chi connectivity index (χ2v) is 7.07. The molecule has 1 aliphatic heterocycles. The van der Waals surface area contributed by atoms with Gasteiger partial charge in [-0.25, -0.2) is 0 Å². The molecule has 0 saturated carbocycles. The standard InChI is InChI=1S/C16H18BrN3O2/c1-10(2)16(3,11-4-6-12(17)7-5-11)14-18-15(22-19-14)20-8-13(21)9-20/h4-7,10H,8-9H2,1-3H3. The van der Waals surface area contributed by atoms with E-state index in [0.717, 1.165) is 10.0 Å². The van der Waals surface area contributed by atoms with E-state index in [1.165, 1.54) is 0 Å². The Labute approximate surface area is 137 Å². The van der Waals surface area contributed by atoms with Crippen molar-refractivity contribution in [3.63, 3.8) is 0 Å². The molecule has 0 radical (unpaired) electrons. The minimum Gasteiger partial charge on any atom is -0.315 e. The normalized spacial score (nSPS) is 17.5. The molecule has 0 spiro atoms. The minimum absolute atomic E-state index is 0.194. The van der Waals surface area contributed by atoms with Crippen LogP contribution in [-0.4, -0.2) is 29.0 Å². The maximum Gasteiger partial charge on any atom is 0.324 e. The molecular formula is C16H18BrN3O2. The SMILES string of the molecule is CC(C)C(C)(c1ccc(Br)cc1)c1noc(N2CC(=O)C2)n1. The number of ketones is 1. The summed E-state index contributed by atoms with van der Waals surface area (Å²) in [6.07, 6.45) is 0. The lowest BCUT2D eigenvalue weighted by atomic mass is 9.73. The molecule has 2 aromatic rings. The van der Waals surface area contributed by atoms with Crippen LogP contribution in [0.5, 0.6) is 0 Å². The van der Waals surface area contributed by atoms with Crippen molar-refractivity contribution in [2.24, 2.45) is 5.92 Å². The molecule has 1 aromatic carbocycles. The molecule has 1 fully saturated rings.